The summed E-state index contributed by atoms with van der Waals surface area (Å²) in [5.41, 5.74) is 2.15. The van der Waals surface area contributed by atoms with Crippen molar-refractivity contribution < 1.29 is 4.79 Å². The molecule has 154 valence electrons. The molecule has 0 saturated carbocycles. The van der Waals surface area contributed by atoms with Gasteiger partial charge in [-0.3, -0.25) is 4.79 Å². The van der Waals surface area contributed by atoms with Crippen LogP contribution in [0, 0.1) is 5.92 Å². The van der Waals surface area contributed by atoms with E-state index in [4.69, 9.17) is 4.99 Å². The first kappa shape index (κ1) is 20.6. The lowest BCUT2D eigenvalue weighted by atomic mass is 10.0. The first-order valence-corrected chi connectivity index (χ1v) is 10.8. The van der Waals surface area contributed by atoms with Gasteiger partial charge in [-0.25, -0.2) is 4.99 Å². The van der Waals surface area contributed by atoms with Gasteiger partial charge in [-0.2, -0.15) is 0 Å². The quantitative estimate of drug-likeness (QED) is 0.560. The van der Waals surface area contributed by atoms with Crippen molar-refractivity contribution in [1.82, 2.24) is 15.5 Å². The molecule has 0 aliphatic carbocycles. The summed E-state index contributed by atoms with van der Waals surface area (Å²) in [6.45, 7) is 11.1. The van der Waals surface area contributed by atoms with Crippen molar-refractivity contribution in [1.29, 1.82) is 0 Å². The molecule has 1 amide bonds. The first-order chi connectivity index (χ1) is 13.7. The summed E-state index contributed by atoms with van der Waals surface area (Å²) >= 11 is 0. The lowest BCUT2D eigenvalue weighted by molar-refractivity contribution is -0.117. The number of benzene rings is 1. The number of likely N-dealkylation sites (tertiary alicyclic amines) is 1. The van der Waals surface area contributed by atoms with Gasteiger partial charge in [-0.1, -0.05) is 19.1 Å². The number of carbonyl (C=O) groups is 1. The number of hydrogen-bond acceptors (Lipinski definition) is 3. The third-order valence-corrected chi connectivity index (χ3v) is 5.55. The molecule has 0 aromatic heterocycles. The van der Waals surface area contributed by atoms with Crippen LogP contribution in [-0.2, 0) is 11.3 Å². The summed E-state index contributed by atoms with van der Waals surface area (Å²) in [5.74, 6) is 1.91. The monoisotopic (exact) mass is 385 g/mol. The molecule has 1 aromatic carbocycles. The van der Waals surface area contributed by atoms with Gasteiger partial charge in [-0.05, 0) is 56.3 Å². The Balaban J connectivity index is 1.48. The van der Waals surface area contributed by atoms with Crippen molar-refractivity contribution in [2.24, 2.45) is 10.9 Å². The molecule has 6 heteroatoms. The van der Waals surface area contributed by atoms with Crippen LogP contribution in [-0.4, -0.2) is 56.0 Å². The molecular weight excluding hydrogens is 350 g/mol. The van der Waals surface area contributed by atoms with Gasteiger partial charge in [0.25, 0.3) is 0 Å². The van der Waals surface area contributed by atoms with E-state index in [1.165, 1.54) is 25.9 Å². The summed E-state index contributed by atoms with van der Waals surface area (Å²) < 4.78 is 0. The highest BCUT2D eigenvalue weighted by Gasteiger charge is 2.21. The largest absolute Gasteiger partial charge is 0.357 e. The second kappa shape index (κ2) is 10.5. The van der Waals surface area contributed by atoms with E-state index >= 15 is 0 Å². The smallest absolute Gasteiger partial charge is 0.227 e. The van der Waals surface area contributed by atoms with Gasteiger partial charge >= 0.3 is 0 Å². The molecule has 0 bridgehead atoms. The van der Waals surface area contributed by atoms with E-state index in [9.17, 15) is 4.79 Å². The predicted octanol–water partition coefficient (Wildman–Crippen LogP) is 2.60. The Hall–Kier alpha value is -2.08. The summed E-state index contributed by atoms with van der Waals surface area (Å²) in [6.07, 6.45) is 4.30. The molecule has 28 heavy (non-hydrogen) atoms. The van der Waals surface area contributed by atoms with Crippen molar-refractivity contribution in [2.75, 3.05) is 44.2 Å². The van der Waals surface area contributed by atoms with Crippen LogP contribution in [0.4, 0.5) is 5.69 Å². The van der Waals surface area contributed by atoms with Gasteiger partial charge in [0.1, 0.15) is 0 Å². The summed E-state index contributed by atoms with van der Waals surface area (Å²) in [4.78, 5) is 21.0. The number of guanidine groups is 1. The number of nitrogens with one attached hydrogen (secondary N) is 2. The molecule has 1 atom stereocenters. The van der Waals surface area contributed by atoms with Gasteiger partial charge < -0.3 is 20.4 Å². The van der Waals surface area contributed by atoms with Crippen molar-refractivity contribution in [3.8, 4) is 0 Å². The Kier molecular flexibility index (Phi) is 7.71. The van der Waals surface area contributed by atoms with Crippen LogP contribution in [0.1, 0.15) is 45.1 Å². The van der Waals surface area contributed by atoms with Gasteiger partial charge in [0.2, 0.25) is 5.91 Å². The number of piperidine rings is 1. The fourth-order valence-electron chi connectivity index (χ4n) is 4.04. The minimum absolute atomic E-state index is 0.229. The minimum atomic E-state index is 0.229. The van der Waals surface area contributed by atoms with Crippen LogP contribution in [0.15, 0.2) is 29.3 Å². The van der Waals surface area contributed by atoms with Gasteiger partial charge in [0, 0.05) is 44.8 Å². The molecule has 2 N–H and O–H groups in total. The lowest BCUT2D eigenvalue weighted by Crippen LogP contribution is -2.43. The maximum Gasteiger partial charge on any atom is 0.227 e. The van der Waals surface area contributed by atoms with E-state index in [-0.39, 0.29) is 5.91 Å². The number of aliphatic imine (C=N–C) groups is 1. The number of rotatable bonds is 7. The molecular formula is C22H35N5O. The SMILES string of the molecule is CCNC(=NCc1ccc(N2CCCC2=O)cc1)NCCN1CCCC(C)C1. The number of hydrogen-bond donors (Lipinski definition) is 2. The Morgan fingerprint density at radius 3 is 2.68 bits per heavy atom. The molecule has 0 radical (unpaired) electrons. The number of anilines is 1. The van der Waals surface area contributed by atoms with E-state index < -0.39 is 0 Å². The van der Waals surface area contributed by atoms with Crippen molar-refractivity contribution in [3.63, 3.8) is 0 Å². The summed E-state index contributed by atoms with van der Waals surface area (Å²) in [5, 5.41) is 6.79. The molecule has 2 heterocycles. The van der Waals surface area contributed by atoms with Crippen LogP contribution in [0.3, 0.4) is 0 Å². The molecule has 0 spiro atoms. The van der Waals surface area contributed by atoms with Gasteiger partial charge in [0.15, 0.2) is 5.96 Å². The molecule has 2 aliphatic rings. The molecule has 2 aliphatic heterocycles. The van der Waals surface area contributed by atoms with Crippen LogP contribution >= 0.6 is 0 Å². The zero-order valence-electron chi connectivity index (χ0n) is 17.4. The average molecular weight is 386 g/mol. The topological polar surface area (TPSA) is 60.0 Å². The van der Waals surface area contributed by atoms with Crippen LogP contribution in [0.25, 0.3) is 0 Å². The second-order valence-electron chi connectivity index (χ2n) is 7.99. The molecule has 1 aromatic rings. The first-order valence-electron chi connectivity index (χ1n) is 10.8. The van der Waals surface area contributed by atoms with E-state index in [1.807, 2.05) is 17.0 Å². The zero-order valence-corrected chi connectivity index (χ0v) is 17.4. The Labute approximate surface area is 169 Å². The molecule has 2 saturated heterocycles. The Morgan fingerprint density at radius 1 is 1.18 bits per heavy atom. The predicted molar refractivity (Wildman–Crippen MR) is 116 cm³/mol. The van der Waals surface area contributed by atoms with Crippen LogP contribution in [0.5, 0.6) is 0 Å². The summed E-state index contributed by atoms with van der Waals surface area (Å²) in [6, 6.07) is 8.21. The second-order valence-corrected chi connectivity index (χ2v) is 7.99. The molecule has 3 rings (SSSR count). The molecule has 1 unspecified atom stereocenters. The van der Waals surface area contributed by atoms with E-state index in [0.717, 1.165) is 55.7 Å². The molecule has 6 nitrogen and oxygen atoms in total. The highest BCUT2D eigenvalue weighted by Crippen LogP contribution is 2.21. The standard InChI is InChI=1S/C22H35N5O/c1-3-23-22(24-12-15-26-13-4-6-18(2)17-26)25-16-19-8-10-20(11-9-19)27-14-5-7-21(27)28/h8-11,18H,3-7,12-17H2,1-2H3,(H2,23,24,25). The van der Waals surface area contributed by atoms with Crippen LogP contribution < -0.4 is 15.5 Å². The fourth-order valence-corrected chi connectivity index (χ4v) is 4.04. The molecule has 2 fully saturated rings. The average Bonchev–Trinajstić information content (AvgIpc) is 3.12. The Morgan fingerprint density at radius 2 is 2.00 bits per heavy atom. The highest BCUT2D eigenvalue weighted by atomic mass is 16.2. The third kappa shape index (κ3) is 5.96. The van der Waals surface area contributed by atoms with E-state index in [0.29, 0.717) is 13.0 Å². The van der Waals surface area contributed by atoms with Crippen molar-refractivity contribution >= 4 is 17.6 Å². The van der Waals surface area contributed by atoms with Crippen molar-refractivity contribution in [2.45, 2.75) is 46.1 Å². The fraction of sp³-hybridized carbons (Fsp3) is 0.636. The van der Waals surface area contributed by atoms with Crippen LogP contribution in [0.2, 0.25) is 0 Å². The van der Waals surface area contributed by atoms with E-state index in [2.05, 4.69) is 41.5 Å². The highest BCUT2D eigenvalue weighted by molar-refractivity contribution is 5.95. The third-order valence-electron chi connectivity index (χ3n) is 5.55. The van der Waals surface area contributed by atoms with Gasteiger partial charge in [0.05, 0.1) is 6.54 Å². The van der Waals surface area contributed by atoms with Gasteiger partial charge in [-0.15, -0.1) is 0 Å². The normalized spacial score (nSPS) is 21.2. The zero-order chi connectivity index (χ0) is 19.8. The lowest BCUT2D eigenvalue weighted by Gasteiger charge is -2.30. The maximum absolute atomic E-state index is 11.9. The van der Waals surface area contributed by atoms with E-state index in [1.54, 1.807) is 0 Å². The maximum atomic E-state index is 11.9. The minimum Gasteiger partial charge on any atom is -0.357 e. The Bertz CT molecular complexity index is 657. The number of nitrogens with zero attached hydrogens (tertiary/aromatic N) is 3. The summed E-state index contributed by atoms with van der Waals surface area (Å²) in [7, 11) is 0. The van der Waals surface area contributed by atoms with Crippen molar-refractivity contribution in [3.05, 3.63) is 29.8 Å². The number of carbonyl (C=O) groups excluding carboxylic acids is 1. The number of amides is 1.